The molecule has 0 bridgehead atoms. The second-order valence-corrected chi connectivity index (χ2v) is 4.30. The quantitative estimate of drug-likeness (QED) is 0.728. The molecule has 0 aliphatic rings. The van der Waals surface area contributed by atoms with Gasteiger partial charge in [-0.3, -0.25) is 0 Å². The van der Waals surface area contributed by atoms with Crippen molar-refractivity contribution in [2.75, 3.05) is 5.73 Å². The molecular formula is C8H4ClF3N2S. The summed E-state index contributed by atoms with van der Waals surface area (Å²) >= 11 is 6.22. The molecule has 2 aromatic rings. The Morgan fingerprint density at radius 1 is 1.33 bits per heavy atom. The van der Waals surface area contributed by atoms with Crippen molar-refractivity contribution in [3.63, 3.8) is 0 Å². The number of benzene rings is 1. The summed E-state index contributed by atoms with van der Waals surface area (Å²) in [7, 11) is 0. The van der Waals surface area contributed by atoms with Crippen LogP contribution >= 0.6 is 22.9 Å². The zero-order valence-corrected chi connectivity index (χ0v) is 8.67. The highest BCUT2D eigenvalue weighted by molar-refractivity contribution is 7.18. The van der Waals surface area contributed by atoms with E-state index in [2.05, 4.69) is 4.98 Å². The monoisotopic (exact) mass is 252 g/mol. The highest BCUT2D eigenvalue weighted by Gasteiger charge is 2.34. The van der Waals surface area contributed by atoms with Gasteiger partial charge in [0.15, 0.2) is 5.01 Å². The number of hydrogen-bond acceptors (Lipinski definition) is 3. The van der Waals surface area contributed by atoms with E-state index in [1.165, 1.54) is 12.1 Å². The summed E-state index contributed by atoms with van der Waals surface area (Å²) in [5.74, 6) is 0. The number of alkyl halides is 3. The Bertz CT molecular complexity index is 481. The van der Waals surface area contributed by atoms with Crippen LogP contribution in [0.3, 0.4) is 0 Å². The number of nitrogens with zero attached hydrogens (tertiary/aromatic N) is 1. The topological polar surface area (TPSA) is 38.9 Å². The molecule has 0 fully saturated rings. The fourth-order valence-electron chi connectivity index (χ4n) is 1.09. The average Bonchev–Trinajstić information content (AvgIpc) is 2.47. The maximum Gasteiger partial charge on any atom is 0.443 e. The summed E-state index contributed by atoms with van der Waals surface area (Å²) < 4.78 is 37.3. The van der Waals surface area contributed by atoms with Crippen LogP contribution in [0.5, 0.6) is 0 Å². The molecule has 0 spiro atoms. The first kappa shape index (κ1) is 10.5. The average molecular weight is 253 g/mol. The number of aromatic nitrogens is 1. The van der Waals surface area contributed by atoms with E-state index in [-0.39, 0.29) is 16.2 Å². The fourth-order valence-corrected chi connectivity index (χ4v) is 2.11. The molecule has 7 heteroatoms. The second kappa shape index (κ2) is 3.24. The van der Waals surface area contributed by atoms with Crippen molar-refractivity contribution >= 4 is 38.8 Å². The van der Waals surface area contributed by atoms with Gasteiger partial charge in [0.2, 0.25) is 0 Å². The van der Waals surface area contributed by atoms with E-state index in [1.807, 2.05) is 0 Å². The Hall–Kier alpha value is -1.01. The third-order valence-corrected chi connectivity index (χ3v) is 3.14. The molecule has 1 aromatic heterocycles. The summed E-state index contributed by atoms with van der Waals surface area (Å²) in [5, 5.41) is -0.680. The lowest BCUT2D eigenvalue weighted by Gasteiger charge is -1.98. The third kappa shape index (κ3) is 1.87. The number of halogens is 4. The number of nitrogens with two attached hydrogens (primary N) is 1. The molecule has 80 valence electrons. The van der Waals surface area contributed by atoms with Crippen LogP contribution in [0.15, 0.2) is 12.1 Å². The standard InChI is InChI=1S/C8H4ClF3N2S/c9-3-1-5-6(2-4(3)13)15-7(14-5)8(10,11)12/h1-2H,13H2. The van der Waals surface area contributed by atoms with Crippen molar-refractivity contribution in [2.45, 2.75) is 6.18 Å². The highest BCUT2D eigenvalue weighted by Crippen LogP contribution is 2.37. The minimum Gasteiger partial charge on any atom is -0.397 e. The van der Waals surface area contributed by atoms with E-state index in [0.717, 1.165) is 0 Å². The predicted molar refractivity (Wildman–Crippen MR) is 54.0 cm³/mol. The van der Waals surface area contributed by atoms with Gasteiger partial charge in [-0.15, -0.1) is 11.3 Å². The largest absolute Gasteiger partial charge is 0.443 e. The molecular weight excluding hydrogens is 249 g/mol. The molecule has 1 heterocycles. The van der Waals surface area contributed by atoms with Crippen molar-refractivity contribution in [1.82, 2.24) is 4.98 Å². The summed E-state index contributed by atoms with van der Waals surface area (Å²) in [4.78, 5) is 3.44. The van der Waals surface area contributed by atoms with Crippen LogP contribution in [0.1, 0.15) is 5.01 Å². The van der Waals surface area contributed by atoms with Crippen LogP contribution in [0.25, 0.3) is 10.2 Å². The lowest BCUT2D eigenvalue weighted by atomic mass is 10.3. The predicted octanol–water partition coefficient (Wildman–Crippen LogP) is 3.55. The van der Waals surface area contributed by atoms with Crippen molar-refractivity contribution in [2.24, 2.45) is 0 Å². The Labute approximate surface area is 91.5 Å². The molecule has 0 aliphatic heterocycles. The van der Waals surface area contributed by atoms with Crippen LogP contribution in [-0.2, 0) is 6.18 Å². The second-order valence-electron chi connectivity index (χ2n) is 2.86. The number of anilines is 1. The van der Waals surface area contributed by atoms with E-state index in [4.69, 9.17) is 17.3 Å². The lowest BCUT2D eigenvalue weighted by Crippen LogP contribution is -2.03. The van der Waals surface area contributed by atoms with Gasteiger partial charge >= 0.3 is 6.18 Å². The van der Waals surface area contributed by atoms with Gasteiger partial charge in [-0.2, -0.15) is 13.2 Å². The lowest BCUT2D eigenvalue weighted by molar-refractivity contribution is -0.137. The van der Waals surface area contributed by atoms with Gasteiger partial charge in [0, 0.05) is 0 Å². The minimum absolute atomic E-state index is 0.210. The molecule has 0 saturated heterocycles. The number of nitrogen functional groups attached to an aromatic ring is 1. The summed E-state index contributed by atoms with van der Waals surface area (Å²) in [6.45, 7) is 0. The van der Waals surface area contributed by atoms with Gasteiger partial charge in [0.1, 0.15) is 0 Å². The molecule has 2 rings (SSSR count). The maximum atomic E-state index is 12.3. The van der Waals surface area contributed by atoms with Crippen LogP contribution in [0.4, 0.5) is 18.9 Å². The molecule has 1 aromatic carbocycles. The molecule has 15 heavy (non-hydrogen) atoms. The molecule has 0 atom stereocenters. The van der Waals surface area contributed by atoms with Gasteiger partial charge in [-0.1, -0.05) is 11.6 Å². The molecule has 0 saturated carbocycles. The Morgan fingerprint density at radius 2 is 2.00 bits per heavy atom. The van der Waals surface area contributed by atoms with Gasteiger partial charge in [0.05, 0.1) is 20.9 Å². The molecule has 0 unspecified atom stereocenters. The SMILES string of the molecule is Nc1cc2sc(C(F)(F)F)nc2cc1Cl. The van der Waals surface area contributed by atoms with E-state index >= 15 is 0 Å². The Balaban J connectivity index is 2.66. The van der Waals surface area contributed by atoms with E-state index in [1.54, 1.807) is 0 Å². The summed E-state index contributed by atoms with van der Waals surface area (Å²) in [6.07, 6.45) is -4.43. The number of hydrogen-bond donors (Lipinski definition) is 1. The van der Waals surface area contributed by atoms with Crippen LogP contribution < -0.4 is 5.73 Å². The first-order valence-electron chi connectivity index (χ1n) is 3.80. The minimum atomic E-state index is -4.43. The van der Waals surface area contributed by atoms with Gasteiger partial charge in [-0.05, 0) is 12.1 Å². The molecule has 2 N–H and O–H groups in total. The number of rotatable bonds is 0. The first-order chi connectivity index (χ1) is 6.88. The van der Waals surface area contributed by atoms with Crippen LogP contribution in [-0.4, -0.2) is 4.98 Å². The van der Waals surface area contributed by atoms with E-state index < -0.39 is 11.2 Å². The van der Waals surface area contributed by atoms with Gasteiger partial charge < -0.3 is 5.73 Å². The van der Waals surface area contributed by atoms with Crippen molar-refractivity contribution < 1.29 is 13.2 Å². The van der Waals surface area contributed by atoms with E-state index in [0.29, 0.717) is 16.0 Å². The summed E-state index contributed by atoms with van der Waals surface area (Å²) in [6, 6.07) is 2.72. The molecule has 0 aliphatic carbocycles. The smallest absolute Gasteiger partial charge is 0.397 e. The van der Waals surface area contributed by atoms with Gasteiger partial charge in [-0.25, -0.2) is 4.98 Å². The zero-order chi connectivity index (χ0) is 11.2. The summed E-state index contributed by atoms with van der Waals surface area (Å²) in [5.41, 5.74) is 5.94. The third-order valence-electron chi connectivity index (χ3n) is 1.75. The number of thiazole rings is 1. The normalized spacial score (nSPS) is 12.3. The first-order valence-corrected chi connectivity index (χ1v) is 5.00. The Kier molecular flexibility index (Phi) is 2.27. The number of fused-ring (bicyclic) bond motifs is 1. The van der Waals surface area contributed by atoms with Crippen molar-refractivity contribution in [3.8, 4) is 0 Å². The zero-order valence-electron chi connectivity index (χ0n) is 7.10. The highest BCUT2D eigenvalue weighted by atomic mass is 35.5. The Morgan fingerprint density at radius 3 is 2.60 bits per heavy atom. The van der Waals surface area contributed by atoms with Gasteiger partial charge in [0.25, 0.3) is 0 Å². The fraction of sp³-hybridized carbons (Fsp3) is 0.125. The van der Waals surface area contributed by atoms with Crippen molar-refractivity contribution in [3.05, 3.63) is 22.2 Å². The van der Waals surface area contributed by atoms with Crippen molar-refractivity contribution in [1.29, 1.82) is 0 Å². The molecule has 0 radical (unpaired) electrons. The van der Waals surface area contributed by atoms with Crippen LogP contribution in [0, 0.1) is 0 Å². The molecule has 0 amide bonds. The maximum absolute atomic E-state index is 12.3. The molecule has 2 nitrogen and oxygen atoms in total. The van der Waals surface area contributed by atoms with Crippen LogP contribution in [0.2, 0.25) is 5.02 Å². The van der Waals surface area contributed by atoms with E-state index in [9.17, 15) is 13.2 Å².